The smallest absolute Gasteiger partial charge is 0.480 e. The van der Waals surface area contributed by atoms with E-state index in [9.17, 15) is 24.3 Å². The Bertz CT molecular complexity index is 1030. The van der Waals surface area contributed by atoms with Gasteiger partial charge in [0.05, 0.1) is 0 Å². The number of carboxylic acid groups (broad SMARTS) is 1. The first-order valence-corrected chi connectivity index (χ1v) is 13.8. The van der Waals surface area contributed by atoms with Gasteiger partial charge >= 0.3 is 24.4 Å². The monoisotopic (exact) mass is 583 g/mol. The molecule has 41 heavy (non-hydrogen) atoms. The summed E-state index contributed by atoms with van der Waals surface area (Å²) >= 11 is 0. The molecule has 1 aromatic rings. The van der Waals surface area contributed by atoms with Crippen LogP contribution in [0.3, 0.4) is 0 Å². The minimum absolute atomic E-state index is 0.00328. The number of rotatable bonds is 14. The van der Waals surface area contributed by atoms with Gasteiger partial charge in [-0.25, -0.2) is 14.4 Å². The van der Waals surface area contributed by atoms with Crippen LogP contribution in [0.2, 0.25) is 0 Å². The molecule has 0 saturated carbocycles. The molecule has 0 saturated heterocycles. The van der Waals surface area contributed by atoms with Crippen molar-refractivity contribution in [2.75, 3.05) is 0 Å². The molecule has 0 aliphatic carbocycles. The summed E-state index contributed by atoms with van der Waals surface area (Å²) in [5.41, 5.74) is 6.34. The van der Waals surface area contributed by atoms with E-state index in [1.54, 1.807) is 27.7 Å². The van der Waals surface area contributed by atoms with Crippen LogP contribution in [-0.4, -0.2) is 60.0 Å². The molecule has 6 atom stereocenters. The molecule has 0 bridgehead atoms. The van der Waals surface area contributed by atoms with E-state index in [2.05, 4.69) is 0 Å². The van der Waals surface area contributed by atoms with E-state index < -0.39 is 54.7 Å². The molecule has 1 rings (SSSR count). The standard InChI is InChI=1S/C29H45NO11/c1-10-17(6)36-27(33)37-18(7)13-22(25(30)26(31)32)21-11-12-23(40-28(34)38-19(8)15(2)3)24(14-21)41-29(35)39-20(9)16(4)5/h11-12,14-20,22,25H,10,13,30H2,1-9H3,(H,31,32)/t17?,18?,19?,20?,22?,25-/m0/s1. The topological polar surface area (TPSA) is 170 Å². The Morgan fingerprint density at radius 1 is 0.732 bits per heavy atom. The number of carbonyl (C=O) groups excluding carboxylic acids is 3. The molecule has 0 fully saturated rings. The second-order valence-corrected chi connectivity index (χ2v) is 10.8. The van der Waals surface area contributed by atoms with Crippen LogP contribution in [0.5, 0.6) is 11.5 Å². The van der Waals surface area contributed by atoms with Gasteiger partial charge < -0.3 is 39.3 Å². The van der Waals surface area contributed by atoms with Gasteiger partial charge in [0.15, 0.2) is 11.5 Å². The third-order valence-electron chi connectivity index (χ3n) is 6.70. The maximum atomic E-state index is 12.6. The molecule has 0 amide bonds. The first kappa shape index (κ1) is 35.5. The van der Waals surface area contributed by atoms with Gasteiger partial charge in [-0.05, 0) is 70.1 Å². The summed E-state index contributed by atoms with van der Waals surface area (Å²) in [6, 6.07) is 2.71. The molecule has 0 aromatic heterocycles. The lowest BCUT2D eigenvalue weighted by molar-refractivity contribution is -0.139. The van der Waals surface area contributed by atoms with Gasteiger partial charge in [0.25, 0.3) is 0 Å². The number of hydrogen-bond acceptors (Lipinski definition) is 11. The first-order valence-electron chi connectivity index (χ1n) is 13.8. The zero-order chi connectivity index (χ0) is 31.4. The Morgan fingerprint density at radius 3 is 1.68 bits per heavy atom. The van der Waals surface area contributed by atoms with Gasteiger partial charge in [0.1, 0.15) is 30.5 Å². The van der Waals surface area contributed by atoms with E-state index in [1.165, 1.54) is 18.2 Å². The Kier molecular flexibility index (Phi) is 14.4. The van der Waals surface area contributed by atoms with Crippen molar-refractivity contribution in [3.05, 3.63) is 23.8 Å². The maximum Gasteiger partial charge on any atom is 0.514 e. The average molecular weight is 584 g/mol. The summed E-state index contributed by atoms with van der Waals surface area (Å²) in [6.07, 6.45) is -4.45. The predicted octanol–water partition coefficient (Wildman–Crippen LogP) is 6.03. The minimum Gasteiger partial charge on any atom is -0.480 e. The molecule has 3 N–H and O–H groups in total. The van der Waals surface area contributed by atoms with Gasteiger partial charge in [-0.3, -0.25) is 4.79 Å². The van der Waals surface area contributed by atoms with E-state index in [1.807, 2.05) is 34.6 Å². The van der Waals surface area contributed by atoms with E-state index in [0.717, 1.165) is 0 Å². The van der Waals surface area contributed by atoms with E-state index in [0.29, 0.717) is 12.0 Å². The molecule has 0 aliphatic heterocycles. The third-order valence-corrected chi connectivity index (χ3v) is 6.70. The van der Waals surface area contributed by atoms with Gasteiger partial charge in [-0.1, -0.05) is 40.7 Å². The van der Waals surface area contributed by atoms with Crippen molar-refractivity contribution in [3.8, 4) is 11.5 Å². The van der Waals surface area contributed by atoms with Crippen LogP contribution in [0.25, 0.3) is 0 Å². The molecule has 0 heterocycles. The number of hydrogen-bond donors (Lipinski definition) is 2. The van der Waals surface area contributed by atoms with Gasteiger partial charge in [-0.15, -0.1) is 0 Å². The lowest BCUT2D eigenvalue weighted by Crippen LogP contribution is -2.38. The van der Waals surface area contributed by atoms with E-state index in [-0.39, 0.29) is 35.9 Å². The summed E-state index contributed by atoms with van der Waals surface area (Å²) in [5, 5.41) is 9.68. The van der Waals surface area contributed by atoms with Crippen LogP contribution in [0.1, 0.15) is 86.6 Å². The predicted molar refractivity (Wildman–Crippen MR) is 149 cm³/mol. The lowest BCUT2D eigenvalue weighted by Gasteiger charge is -2.25. The van der Waals surface area contributed by atoms with Crippen molar-refractivity contribution in [1.82, 2.24) is 0 Å². The molecule has 12 nitrogen and oxygen atoms in total. The Hall–Kier alpha value is -3.54. The highest BCUT2D eigenvalue weighted by atomic mass is 16.8. The van der Waals surface area contributed by atoms with E-state index >= 15 is 0 Å². The van der Waals surface area contributed by atoms with Crippen molar-refractivity contribution in [2.45, 2.75) is 112 Å². The minimum atomic E-state index is -1.42. The number of ether oxygens (including phenoxy) is 6. The molecule has 0 aliphatic rings. The second kappa shape index (κ2) is 16.7. The lowest BCUT2D eigenvalue weighted by atomic mass is 9.87. The SMILES string of the molecule is CCC(C)OC(=O)OC(C)CC(c1ccc(OC(=O)OC(C)C(C)C)c(OC(=O)OC(C)C(C)C)c1)[C@H](N)C(=O)O. The molecular formula is C29H45NO11. The molecule has 0 spiro atoms. The number of carbonyl (C=O) groups is 4. The molecule has 5 unspecified atom stereocenters. The summed E-state index contributed by atoms with van der Waals surface area (Å²) in [6.45, 7) is 16.0. The number of benzene rings is 1. The molecule has 1 aromatic carbocycles. The van der Waals surface area contributed by atoms with E-state index in [4.69, 9.17) is 34.2 Å². The highest BCUT2D eigenvalue weighted by Gasteiger charge is 2.31. The van der Waals surface area contributed by atoms with Gasteiger partial charge in [0, 0.05) is 5.92 Å². The fourth-order valence-electron chi connectivity index (χ4n) is 3.23. The second-order valence-electron chi connectivity index (χ2n) is 10.8. The zero-order valence-corrected chi connectivity index (χ0v) is 25.4. The molecule has 12 heteroatoms. The fourth-order valence-corrected chi connectivity index (χ4v) is 3.23. The van der Waals surface area contributed by atoms with Crippen LogP contribution in [0, 0.1) is 11.8 Å². The highest BCUT2D eigenvalue weighted by molar-refractivity contribution is 5.75. The number of carboxylic acids is 1. The summed E-state index contributed by atoms with van der Waals surface area (Å²) in [4.78, 5) is 49.0. The fraction of sp³-hybridized carbons (Fsp3) is 0.655. The maximum absolute atomic E-state index is 12.6. The normalized spacial score (nSPS) is 15.6. The largest absolute Gasteiger partial charge is 0.514 e. The van der Waals surface area contributed by atoms with Crippen LogP contribution >= 0.6 is 0 Å². The summed E-state index contributed by atoms with van der Waals surface area (Å²) in [7, 11) is 0. The zero-order valence-electron chi connectivity index (χ0n) is 25.4. The molecule has 0 radical (unpaired) electrons. The van der Waals surface area contributed by atoms with Crippen LogP contribution in [0.4, 0.5) is 14.4 Å². The average Bonchev–Trinajstić information content (AvgIpc) is 2.87. The van der Waals surface area contributed by atoms with Crippen molar-refractivity contribution in [1.29, 1.82) is 0 Å². The van der Waals surface area contributed by atoms with Gasteiger partial charge in [-0.2, -0.15) is 0 Å². The third kappa shape index (κ3) is 12.2. The van der Waals surface area contributed by atoms with Crippen molar-refractivity contribution < 1.29 is 52.7 Å². The summed E-state index contributed by atoms with van der Waals surface area (Å²) < 4.78 is 31.7. The Labute approximate surface area is 241 Å². The van der Waals surface area contributed by atoms with Crippen molar-refractivity contribution in [2.24, 2.45) is 17.6 Å². The van der Waals surface area contributed by atoms with Crippen LogP contribution in [-0.2, 0) is 23.7 Å². The Balaban J connectivity index is 3.36. The van der Waals surface area contributed by atoms with Crippen molar-refractivity contribution >= 4 is 24.4 Å². The Morgan fingerprint density at radius 2 is 1.22 bits per heavy atom. The molecule has 232 valence electrons. The van der Waals surface area contributed by atoms with Crippen LogP contribution < -0.4 is 15.2 Å². The molecular weight excluding hydrogens is 538 g/mol. The quantitative estimate of drug-likeness (QED) is 0.148. The first-order chi connectivity index (χ1) is 19.0. The van der Waals surface area contributed by atoms with Gasteiger partial charge in [0.2, 0.25) is 0 Å². The summed E-state index contributed by atoms with van der Waals surface area (Å²) in [5.74, 6) is -2.56. The number of nitrogens with two attached hydrogens (primary N) is 1. The van der Waals surface area contributed by atoms with Crippen molar-refractivity contribution in [3.63, 3.8) is 0 Å². The highest BCUT2D eigenvalue weighted by Crippen LogP contribution is 2.35. The van der Waals surface area contributed by atoms with Crippen LogP contribution in [0.15, 0.2) is 18.2 Å². The number of aliphatic carboxylic acids is 1.